The average molecular weight is 1290 g/mol. The van der Waals surface area contributed by atoms with Crippen LogP contribution in [0.4, 0.5) is 0 Å². The summed E-state index contributed by atoms with van der Waals surface area (Å²) in [6.07, 6.45) is 2.97. The molecule has 1 heterocycles. The molecule has 1 fully saturated rings. The lowest BCUT2D eigenvalue weighted by molar-refractivity contribution is -0.157. The Hall–Kier alpha value is -6.17. The molecule has 0 spiro atoms. The van der Waals surface area contributed by atoms with Gasteiger partial charge in [-0.2, -0.15) is 0 Å². The third-order valence-electron chi connectivity index (χ3n) is 17.8. The molecule has 0 aromatic carbocycles. The number of carbonyl (C=O) groups excluding carboxylic acids is 11. The van der Waals surface area contributed by atoms with Gasteiger partial charge in [-0.25, -0.2) is 0 Å². The van der Waals surface area contributed by atoms with Crippen LogP contribution in [0.25, 0.3) is 0 Å². The van der Waals surface area contributed by atoms with Gasteiger partial charge in [-0.3, -0.25) is 52.7 Å². The quantitative estimate of drug-likeness (QED) is 0.115. The van der Waals surface area contributed by atoms with Crippen LogP contribution in [0, 0.1) is 41.4 Å². The maximum atomic E-state index is 15.3. The van der Waals surface area contributed by atoms with Crippen LogP contribution in [0.15, 0.2) is 12.2 Å². The van der Waals surface area contributed by atoms with Crippen molar-refractivity contribution >= 4 is 65.0 Å². The minimum Gasteiger partial charge on any atom is -0.390 e. The molecule has 1 aliphatic rings. The molecule has 0 saturated carbocycles. The summed E-state index contributed by atoms with van der Waals surface area (Å²) in [7, 11) is 10.1. The molecule has 0 radical (unpaired) electrons. The van der Waals surface area contributed by atoms with Crippen molar-refractivity contribution in [1.82, 2.24) is 60.5 Å². The van der Waals surface area contributed by atoms with Gasteiger partial charge < -0.3 is 65.6 Å². The Labute approximate surface area is 546 Å². The number of allylic oxidation sites excluding steroid dienone is 2. The summed E-state index contributed by atoms with van der Waals surface area (Å²) in [5, 5.41) is 23.4. The smallest absolute Gasteiger partial charge is 0.246 e. The van der Waals surface area contributed by atoms with Gasteiger partial charge in [-0.1, -0.05) is 123 Å². The molecule has 5 N–H and O–H groups in total. The third-order valence-corrected chi connectivity index (χ3v) is 17.8. The molecular weight excluding hydrogens is 1160 g/mol. The van der Waals surface area contributed by atoms with Crippen molar-refractivity contribution in [3.05, 3.63) is 12.2 Å². The number of hydrogen-bond donors (Lipinski definition) is 5. The summed E-state index contributed by atoms with van der Waals surface area (Å²) in [6, 6.07) is -13.7. The second kappa shape index (κ2) is 38.1. The zero-order valence-electron chi connectivity index (χ0n) is 60.5. The van der Waals surface area contributed by atoms with E-state index in [2.05, 4.69) is 26.2 Å². The highest BCUT2D eigenvalue weighted by Crippen LogP contribution is 2.26. The van der Waals surface area contributed by atoms with Gasteiger partial charge in [0.2, 0.25) is 65.0 Å². The predicted octanol–water partition coefficient (Wildman–Crippen LogP) is 3.98. The summed E-state index contributed by atoms with van der Waals surface area (Å²) < 4.78 is 0. The first-order valence-electron chi connectivity index (χ1n) is 33.2. The molecular formula is C67H122N12O12. The molecule has 1 rings (SSSR count). The van der Waals surface area contributed by atoms with Crippen LogP contribution in [0.1, 0.15) is 170 Å². The SMILES string of the molecule is CC=CC[C@@H](C)[C@@H](O)[C@H]1C(=O)N[C@@H](CC)C(=O)N(C)[C@H](CCN(CC)CC)C(=O)N(C)[C@@H](C(C)C)C(=O)N[C@@H](C(C)C)C(=O)N(C)[C@@H](CC(C)C)C(=O)N[C@@H](C)C(=O)N[C@H](C)C(=O)N(C)[C@@H](CC(C)C)C(=O)N(C)[C@@H](CC(C)C)C(=O)N(C)[C@@H](C(C)C)C(=O)N1C. The van der Waals surface area contributed by atoms with Crippen molar-refractivity contribution < 1.29 is 57.8 Å². The number of nitrogens with zero attached hydrogens (tertiary/aromatic N) is 8. The number of aliphatic hydroxyl groups is 1. The number of nitrogens with one attached hydrogen (secondary N) is 4. The number of carbonyl (C=O) groups is 11. The van der Waals surface area contributed by atoms with Gasteiger partial charge in [-0.15, -0.1) is 0 Å². The maximum Gasteiger partial charge on any atom is 0.246 e. The first-order chi connectivity index (χ1) is 42.1. The Bertz CT molecular complexity index is 2470. The van der Waals surface area contributed by atoms with E-state index in [0.717, 1.165) is 4.90 Å². The van der Waals surface area contributed by atoms with Gasteiger partial charge in [-0.05, 0) is 114 Å². The van der Waals surface area contributed by atoms with E-state index in [1.165, 1.54) is 92.6 Å². The molecule has 11 amide bonds. The van der Waals surface area contributed by atoms with Gasteiger partial charge in [0, 0.05) is 55.9 Å². The van der Waals surface area contributed by atoms with Crippen LogP contribution >= 0.6 is 0 Å². The van der Waals surface area contributed by atoms with E-state index >= 15 is 28.8 Å². The molecule has 522 valence electrons. The maximum absolute atomic E-state index is 15.3. The second-order valence-electron chi connectivity index (χ2n) is 27.7. The van der Waals surface area contributed by atoms with Crippen molar-refractivity contribution in [3.8, 4) is 0 Å². The molecule has 24 heteroatoms. The van der Waals surface area contributed by atoms with E-state index in [0.29, 0.717) is 26.1 Å². The number of likely N-dealkylation sites (N-methyl/N-ethyl adjacent to an activating group) is 7. The lowest BCUT2D eigenvalue weighted by atomic mass is 9.91. The molecule has 0 aromatic rings. The largest absolute Gasteiger partial charge is 0.390 e. The van der Waals surface area contributed by atoms with E-state index in [4.69, 9.17) is 0 Å². The van der Waals surface area contributed by atoms with Gasteiger partial charge in [0.05, 0.1) is 6.10 Å². The Morgan fingerprint density at radius 3 is 1.30 bits per heavy atom. The Morgan fingerprint density at radius 1 is 0.440 bits per heavy atom. The Balaban J connectivity index is 4.53. The standard InChI is InChI=1S/C67H122N12O12/c1-27-31-32-44(17)56(80)55-60(84)70-47(28-2)62(86)72(20)48(33-34-79(29-3)30-4)63(87)76(24)53(42(13)14)59(83)71-52(41(11)12)66(90)73(21)49(35-38(5)6)58(82)68-45(18)57(81)69-46(19)61(85)74(22)50(36-39(7)8)64(88)75(23)51(37-40(9)10)65(89)77(25)54(43(15)16)67(91)78(55)26/h27,31,38-56,80H,28-30,32-37H2,1-26H3,(H,68,82)(H,69,81)(H,70,84)(H,71,83)/t44-,45+,46-,47+,48-,49+,50+,51+,52+,53+,54+,55+,56-/m1/s1. The Morgan fingerprint density at radius 2 is 0.846 bits per heavy atom. The summed E-state index contributed by atoms with van der Waals surface area (Å²) in [5.74, 6) is -10.1. The van der Waals surface area contributed by atoms with Gasteiger partial charge in [0.15, 0.2) is 0 Å². The van der Waals surface area contributed by atoms with Crippen LogP contribution in [-0.4, -0.2) is 251 Å². The van der Waals surface area contributed by atoms with Crippen molar-refractivity contribution in [2.75, 3.05) is 69.0 Å². The minimum atomic E-state index is -1.63. The van der Waals surface area contributed by atoms with E-state index in [-0.39, 0.29) is 49.9 Å². The predicted molar refractivity (Wildman–Crippen MR) is 355 cm³/mol. The van der Waals surface area contributed by atoms with Gasteiger partial charge >= 0.3 is 0 Å². The summed E-state index contributed by atoms with van der Waals surface area (Å²) in [6.45, 7) is 35.3. The molecule has 0 unspecified atom stereocenters. The molecule has 91 heavy (non-hydrogen) atoms. The molecule has 1 saturated heterocycles. The average Bonchev–Trinajstić information content (AvgIpc) is 1.64. The minimum absolute atomic E-state index is 0.0104. The highest BCUT2D eigenvalue weighted by molar-refractivity contribution is 6.00. The van der Waals surface area contributed by atoms with Gasteiger partial charge in [0.1, 0.15) is 66.5 Å². The fraction of sp³-hybridized carbons (Fsp3) is 0.806. The number of hydrogen-bond acceptors (Lipinski definition) is 13. The van der Waals surface area contributed by atoms with E-state index in [9.17, 15) is 29.1 Å². The van der Waals surface area contributed by atoms with Crippen molar-refractivity contribution in [1.29, 1.82) is 0 Å². The lowest BCUT2D eigenvalue weighted by Gasteiger charge is -2.41. The monoisotopic (exact) mass is 1290 g/mol. The van der Waals surface area contributed by atoms with Crippen molar-refractivity contribution in [2.45, 2.75) is 243 Å². The summed E-state index contributed by atoms with van der Waals surface area (Å²) in [4.78, 5) is 174. The van der Waals surface area contributed by atoms with Gasteiger partial charge in [0.25, 0.3) is 0 Å². The number of amides is 11. The van der Waals surface area contributed by atoms with E-state index < -0.39 is 161 Å². The van der Waals surface area contributed by atoms with E-state index in [1.807, 2.05) is 68.4 Å². The molecule has 0 bridgehead atoms. The second-order valence-corrected chi connectivity index (χ2v) is 27.7. The van der Waals surface area contributed by atoms with Crippen LogP contribution in [0.2, 0.25) is 0 Å². The fourth-order valence-corrected chi connectivity index (χ4v) is 12.0. The highest BCUT2D eigenvalue weighted by Gasteiger charge is 2.46. The summed E-state index contributed by atoms with van der Waals surface area (Å²) in [5.41, 5.74) is 0. The van der Waals surface area contributed by atoms with Crippen LogP contribution in [-0.2, 0) is 52.7 Å². The molecule has 24 nitrogen and oxygen atoms in total. The molecule has 0 aromatic heterocycles. The normalized spacial score (nSPS) is 26.8. The van der Waals surface area contributed by atoms with E-state index in [1.54, 1.807) is 61.5 Å². The van der Waals surface area contributed by atoms with Crippen LogP contribution in [0.3, 0.4) is 0 Å². The Kier molecular flexibility index (Phi) is 34.7. The highest BCUT2D eigenvalue weighted by atomic mass is 16.3. The summed E-state index contributed by atoms with van der Waals surface area (Å²) >= 11 is 0. The van der Waals surface area contributed by atoms with Crippen LogP contribution < -0.4 is 21.3 Å². The fourth-order valence-electron chi connectivity index (χ4n) is 12.0. The zero-order chi connectivity index (χ0) is 70.5. The molecule has 13 atom stereocenters. The van der Waals surface area contributed by atoms with Crippen molar-refractivity contribution in [3.63, 3.8) is 0 Å². The molecule has 0 aliphatic carbocycles. The topological polar surface area (TPSA) is 282 Å². The first kappa shape index (κ1) is 82.8. The lowest BCUT2D eigenvalue weighted by Crippen LogP contribution is -2.64. The van der Waals surface area contributed by atoms with Crippen LogP contribution in [0.5, 0.6) is 0 Å². The molecule has 1 aliphatic heterocycles. The first-order valence-corrected chi connectivity index (χ1v) is 33.2. The zero-order valence-corrected chi connectivity index (χ0v) is 60.5. The number of aliphatic hydroxyl groups excluding tert-OH is 1. The van der Waals surface area contributed by atoms with Crippen molar-refractivity contribution in [2.24, 2.45) is 41.4 Å². The number of rotatable bonds is 19. The third kappa shape index (κ3) is 22.8.